The summed E-state index contributed by atoms with van der Waals surface area (Å²) in [5.41, 5.74) is 2.68. The monoisotopic (exact) mass is 357 g/mol. The van der Waals surface area contributed by atoms with E-state index in [4.69, 9.17) is 9.47 Å². The fraction of sp³-hybridized carbons (Fsp3) is 0.789. The highest BCUT2D eigenvalue weighted by Crippen LogP contribution is 2.17. The summed E-state index contributed by atoms with van der Waals surface area (Å²) < 4.78 is 11.6. The average Bonchev–Trinajstić information content (AvgIpc) is 2.45. The van der Waals surface area contributed by atoms with Crippen LogP contribution < -0.4 is 5.32 Å². The van der Waals surface area contributed by atoms with Crippen molar-refractivity contribution in [1.29, 1.82) is 0 Å². The molecule has 0 bridgehead atoms. The lowest BCUT2D eigenvalue weighted by Crippen LogP contribution is -2.31. The molecule has 0 radical (unpaired) electrons. The molecule has 0 heterocycles. The summed E-state index contributed by atoms with van der Waals surface area (Å²) in [6.45, 7) is 14.2. The van der Waals surface area contributed by atoms with Crippen LogP contribution in [0.5, 0.6) is 0 Å². The van der Waals surface area contributed by atoms with Crippen LogP contribution in [0, 0.1) is 0 Å². The maximum Gasteiger partial charge on any atom is 0.230 e. The van der Waals surface area contributed by atoms with Crippen LogP contribution in [0.4, 0.5) is 0 Å². The molecule has 24 heavy (non-hydrogen) atoms. The molecule has 0 aliphatic rings. The summed E-state index contributed by atoms with van der Waals surface area (Å²) in [6, 6.07) is 0. The predicted molar refractivity (Wildman–Crippen MR) is 104 cm³/mol. The number of thioether (sulfide) groups is 1. The Morgan fingerprint density at radius 2 is 1.88 bits per heavy atom. The SMILES string of the molecule is CC=C=CCSCC(=O)NCCCOC(C)(C)CCOC(C)(C)C. The Balaban J connectivity index is 3.66. The van der Waals surface area contributed by atoms with Gasteiger partial charge in [-0.3, -0.25) is 4.79 Å². The van der Waals surface area contributed by atoms with E-state index < -0.39 is 0 Å². The highest BCUT2D eigenvalue weighted by molar-refractivity contribution is 8.00. The first-order valence-corrected chi connectivity index (χ1v) is 9.80. The van der Waals surface area contributed by atoms with Gasteiger partial charge in [0.1, 0.15) is 0 Å². The zero-order valence-corrected chi connectivity index (χ0v) is 17.1. The molecule has 0 unspecified atom stereocenters. The normalized spacial score (nSPS) is 11.8. The van der Waals surface area contributed by atoms with Crippen molar-refractivity contribution < 1.29 is 14.3 Å². The van der Waals surface area contributed by atoms with E-state index in [9.17, 15) is 4.79 Å². The van der Waals surface area contributed by atoms with Crippen molar-refractivity contribution in [3.8, 4) is 0 Å². The fourth-order valence-electron chi connectivity index (χ4n) is 1.75. The number of rotatable bonds is 12. The van der Waals surface area contributed by atoms with Crippen LogP contribution in [-0.4, -0.2) is 48.4 Å². The minimum Gasteiger partial charge on any atom is -0.376 e. The molecule has 0 atom stereocenters. The van der Waals surface area contributed by atoms with Crippen LogP contribution in [0.2, 0.25) is 0 Å². The number of amides is 1. The second-order valence-corrected chi connectivity index (χ2v) is 8.23. The quantitative estimate of drug-likeness (QED) is 0.424. The molecule has 0 fully saturated rings. The Hall–Kier alpha value is -0.740. The maximum atomic E-state index is 11.6. The van der Waals surface area contributed by atoms with Gasteiger partial charge < -0.3 is 14.8 Å². The van der Waals surface area contributed by atoms with Gasteiger partial charge in [0.2, 0.25) is 5.91 Å². The number of carbonyl (C=O) groups is 1. The molecular formula is C19H35NO3S. The van der Waals surface area contributed by atoms with E-state index in [0.29, 0.717) is 25.5 Å². The standard InChI is InChI=1S/C19H35NO3S/c1-7-8-9-15-24-16-17(21)20-12-10-13-23-19(5,6)11-14-22-18(2,3)4/h7,9H,10-16H2,1-6H3,(H,20,21). The number of carbonyl (C=O) groups excluding carboxylic acids is 1. The Labute approximate surface area is 152 Å². The van der Waals surface area contributed by atoms with Crippen LogP contribution in [0.3, 0.4) is 0 Å². The largest absolute Gasteiger partial charge is 0.376 e. The first-order valence-electron chi connectivity index (χ1n) is 8.64. The third kappa shape index (κ3) is 16.1. The van der Waals surface area contributed by atoms with Gasteiger partial charge in [-0.1, -0.05) is 0 Å². The highest BCUT2D eigenvalue weighted by atomic mass is 32.2. The van der Waals surface area contributed by atoms with Gasteiger partial charge in [-0.15, -0.1) is 17.5 Å². The molecule has 0 saturated heterocycles. The van der Waals surface area contributed by atoms with Crippen molar-refractivity contribution in [2.45, 2.75) is 65.6 Å². The third-order valence-corrected chi connectivity index (χ3v) is 3.96. The summed E-state index contributed by atoms with van der Waals surface area (Å²) >= 11 is 1.59. The Morgan fingerprint density at radius 3 is 2.50 bits per heavy atom. The van der Waals surface area contributed by atoms with Crippen molar-refractivity contribution in [3.05, 3.63) is 17.9 Å². The lowest BCUT2D eigenvalue weighted by atomic mass is 10.1. The molecule has 140 valence electrons. The molecule has 1 N–H and O–H groups in total. The molecular weight excluding hydrogens is 322 g/mol. The Morgan fingerprint density at radius 1 is 1.17 bits per heavy atom. The second-order valence-electron chi connectivity index (χ2n) is 7.20. The Kier molecular flexibility index (Phi) is 12.2. The third-order valence-electron chi connectivity index (χ3n) is 3.09. The van der Waals surface area contributed by atoms with E-state index in [2.05, 4.69) is 45.7 Å². The molecule has 0 saturated carbocycles. The van der Waals surface area contributed by atoms with E-state index in [1.807, 2.05) is 19.1 Å². The van der Waals surface area contributed by atoms with E-state index in [1.54, 1.807) is 11.8 Å². The topological polar surface area (TPSA) is 47.6 Å². The van der Waals surface area contributed by atoms with Crippen molar-refractivity contribution in [2.75, 3.05) is 31.3 Å². The van der Waals surface area contributed by atoms with Gasteiger partial charge in [0.25, 0.3) is 0 Å². The molecule has 1 amide bonds. The molecule has 4 nitrogen and oxygen atoms in total. The minimum absolute atomic E-state index is 0.0757. The fourth-order valence-corrected chi connectivity index (χ4v) is 2.37. The van der Waals surface area contributed by atoms with Crippen molar-refractivity contribution in [1.82, 2.24) is 5.32 Å². The molecule has 0 spiro atoms. The van der Waals surface area contributed by atoms with Gasteiger partial charge in [-0.25, -0.2) is 0 Å². The van der Waals surface area contributed by atoms with Gasteiger partial charge in [0, 0.05) is 25.5 Å². The smallest absolute Gasteiger partial charge is 0.230 e. The van der Waals surface area contributed by atoms with E-state index in [-0.39, 0.29) is 17.1 Å². The van der Waals surface area contributed by atoms with Crippen LogP contribution in [0.15, 0.2) is 17.9 Å². The summed E-state index contributed by atoms with van der Waals surface area (Å²) in [5, 5.41) is 2.92. The number of nitrogens with one attached hydrogen (secondary N) is 1. The lowest BCUT2D eigenvalue weighted by Gasteiger charge is -2.28. The zero-order valence-electron chi connectivity index (χ0n) is 16.2. The van der Waals surface area contributed by atoms with E-state index in [0.717, 1.165) is 18.6 Å². The second kappa shape index (κ2) is 12.6. The van der Waals surface area contributed by atoms with Gasteiger partial charge in [0.05, 0.1) is 17.0 Å². The summed E-state index contributed by atoms with van der Waals surface area (Å²) in [7, 11) is 0. The van der Waals surface area contributed by atoms with Crippen LogP contribution in [0.25, 0.3) is 0 Å². The van der Waals surface area contributed by atoms with Crippen molar-refractivity contribution in [3.63, 3.8) is 0 Å². The summed E-state index contributed by atoms with van der Waals surface area (Å²) in [4.78, 5) is 11.6. The lowest BCUT2D eigenvalue weighted by molar-refractivity contribution is -0.118. The number of hydrogen-bond acceptors (Lipinski definition) is 4. The van der Waals surface area contributed by atoms with Gasteiger partial charge in [-0.2, -0.15) is 0 Å². The van der Waals surface area contributed by atoms with E-state index >= 15 is 0 Å². The summed E-state index contributed by atoms with van der Waals surface area (Å²) in [6.07, 6.45) is 5.46. The Bertz CT molecular complexity index is 407. The average molecular weight is 358 g/mol. The predicted octanol–water partition coefficient (Wildman–Crippen LogP) is 3.96. The number of ether oxygens (including phenoxy) is 2. The minimum atomic E-state index is -0.204. The van der Waals surface area contributed by atoms with Crippen molar-refractivity contribution >= 4 is 17.7 Å². The molecule has 0 aliphatic heterocycles. The van der Waals surface area contributed by atoms with Crippen LogP contribution in [0.1, 0.15) is 54.4 Å². The van der Waals surface area contributed by atoms with Crippen LogP contribution in [-0.2, 0) is 14.3 Å². The maximum absolute atomic E-state index is 11.6. The molecule has 0 aromatic rings. The molecule has 0 aliphatic carbocycles. The van der Waals surface area contributed by atoms with Crippen molar-refractivity contribution in [2.24, 2.45) is 0 Å². The molecule has 0 rings (SSSR count). The molecule has 5 heteroatoms. The number of hydrogen-bond donors (Lipinski definition) is 1. The van der Waals surface area contributed by atoms with Gasteiger partial charge in [-0.05, 0) is 66.5 Å². The van der Waals surface area contributed by atoms with E-state index in [1.165, 1.54) is 0 Å². The van der Waals surface area contributed by atoms with Gasteiger partial charge >= 0.3 is 0 Å². The highest BCUT2D eigenvalue weighted by Gasteiger charge is 2.20. The zero-order chi connectivity index (χ0) is 18.5. The molecule has 0 aromatic heterocycles. The van der Waals surface area contributed by atoms with Crippen LogP contribution >= 0.6 is 11.8 Å². The first kappa shape index (κ1) is 23.3. The van der Waals surface area contributed by atoms with Gasteiger partial charge in [0.15, 0.2) is 0 Å². The first-order chi connectivity index (χ1) is 11.2. The molecule has 0 aromatic carbocycles. The summed E-state index contributed by atoms with van der Waals surface area (Å²) in [5.74, 6) is 1.37.